The van der Waals surface area contributed by atoms with Gasteiger partial charge in [-0.3, -0.25) is 10.1 Å². The average Bonchev–Trinajstić information content (AvgIpc) is 3.42. The first-order valence-electron chi connectivity index (χ1n) is 9.29. The summed E-state index contributed by atoms with van der Waals surface area (Å²) in [6, 6.07) is 13.9. The van der Waals surface area contributed by atoms with E-state index in [1.54, 1.807) is 18.0 Å². The molecule has 0 saturated carbocycles. The fraction of sp³-hybridized carbons (Fsp3) is 0.0952. The minimum Gasteiger partial charge on any atom is -0.339 e. The fourth-order valence-corrected chi connectivity index (χ4v) is 4.54. The van der Waals surface area contributed by atoms with E-state index < -0.39 is 0 Å². The number of hydrogen-bond donors (Lipinski definition) is 2. The van der Waals surface area contributed by atoms with Crippen molar-refractivity contribution in [3.63, 3.8) is 0 Å². The number of benzene rings is 2. The first kappa shape index (κ1) is 16.4. The van der Waals surface area contributed by atoms with E-state index in [1.807, 2.05) is 42.6 Å². The maximum Gasteiger partial charge on any atom is 0.182 e. The molecular weight excluding hydrogens is 382 g/mol. The molecule has 5 aromatic rings. The molecule has 2 N–H and O–H groups in total. The summed E-state index contributed by atoms with van der Waals surface area (Å²) in [6.45, 7) is 0. The molecule has 0 spiro atoms. The van der Waals surface area contributed by atoms with Gasteiger partial charge in [0.2, 0.25) is 0 Å². The number of anilines is 2. The quantitative estimate of drug-likeness (QED) is 0.467. The first-order chi connectivity index (χ1) is 14.3. The molecule has 2 aromatic carbocycles. The van der Waals surface area contributed by atoms with Gasteiger partial charge in [-0.05, 0) is 30.3 Å². The molecular formula is C21H15N7S. The second kappa shape index (κ2) is 6.52. The lowest BCUT2D eigenvalue weighted by molar-refractivity contribution is 0.980. The molecule has 6 rings (SSSR count). The Labute approximate surface area is 170 Å². The number of thioether (sulfide) groups is 1. The Morgan fingerprint density at radius 2 is 1.90 bits per heavy atom. The van der Waals surface area contributed by atoms with E-state index in [9.17, 15) is 0 Å². The summed E-state index contributed by atoms with van der Waals surface area (Å²) in [6.07, 6.45) is 4.48. The fourth-order valence-electron chi connectivity index (χ4n) is 3.49. The van der Waals surface area contributed by atoms with Gasteiger partial charge < -0.3 is 5.32 Å². The summed E-state index contributed by atoms with van der Waals surface area (Å²) >= 11 is 1.78. The van der Waals surface area contributed by atoms with Crippen LogP contribution in [0.15, 0.2) is 59.8 Å². The normalized spacial score (nSPS) is 13.1. The van der Waals surface area contributed by atoms with E-state index in [4.69, 9.17) is 15.0 Å². The Kier molecular flexibility index (Phi) is 3.70. The second-order valence-corrected chi connectivity index (χ2v) is 7.92. The molecule has 7 nitrogen and oxygen atoms in total. The zero-order valence-electron chi connectivity index (χ0n) is 15.3. The van der Waals surface area contributed by atoms with Gasteiger partial charge in [0.15, 0.2) is 5.82 Å². The van der Waals surface area contributed by atoms with Crippen molar-refractivity contribution in [2.24, 2.45) is 0 Å². The van der Waals surface area contributed by atoms with Crippen molar-refractivity contribution in [3.05, 3.63) is 60.6 Å². The van der Waals surface area contributed by atoms with Gasteiger partial charge in [-0.25, -0.2) is 15.0 Å². The predicted molar refractivity (Wildman–Crippen MR) is 114 cm³/mol. The summed E-state index contributed by atoms with van der Waals surface area (Å²) in [4.78, 5) is 19.9. The third kappa shape index (κ3) is 2.89. The second-order valence-electron chi connectivity index (χ2n) is 6.81. The number of nitrogens with one attached hydrogen (secondary N) is 2. The number of H-pyrrole nitrogens is 1. The minimum absolute atomic E-state index is 0.594. The first-order valence-corrected chi connectivity index (χ1v) is 10.3. The molecule has 4 heterocycles. The van der Waals surface area contributed by atoms with Crippen molar-refractivity contribution < 1.29 is 0 Å². The molecule has 140 valence electrons. The lowest BCUT2D eigenvalue weighted by Gasteiger charge is -2.12. The van der Waals surface area contributed by atoms with Crippen LogP contribution in [0.25, 0.3) is 33.5 Å². The molecule has 0 aliphatic carbocycles. The number of aromatic amines is 1. The smallest absolute Gasteiger partial charge is 0.182 e. The lowest BCUT2D eigenvalue weighted by Crippen LogP contribution is -2.03. The van der Waals surface area contributed by atoms with E-state index in [0.717, 1.165) is 56.2 Å². The molecule has 0 bridgehead atoms. The Bertz CT molecular complexity index is 1380. The van der Waals surface area contributed by atoms with E-state index in [0.29, 0.717) is 11.5 Å². The van der Waals surface area contributed by atoms with Gasteiger partial charge in [0.1, 0.15) is 11.5 Å². The van der Waals surface area contributed by atoms with Crippen LogP contribution < -0.4 is 5.32 Å². The van der Waals surface area contributed by atoms with Crippen molar-refractivity contribution in [3.8, 4) is 11.5 Å². The summed E-state index contributed by atoms with van der Waals surface area (Å²) in [5, 5.41) is 11.6. The topological polar surface area (TPSA) is 92.3 Å². The van der Waals surface area contributed by atoms with Gasteiger partial charge in [-0.1, -0.05) is 12.1 Å². The average molecular weight is 397 g/mol. The highest BCUT2D eigenvalue weighted by molar-refractivity contribution is 7.99. The number of hydrogen-bond acceptors (Lipinski definition) is 7. The number of fused-ring (bicyclic) bond motifs is 3. The number of aromatic nitrogens is 6. The molecule has 0 fully saturated rings. The maximum atomic E-state index is 4.82. The van der Waals surface area contributed by atoms with E-state index in [-0.39, 0.29) is 0 Å². The molecule has 0 saturated heterocycles. The zero-order chi connectivity index (χ0) is 19.2. The van der Waals surface area contributed by atoms with Crippen LogP contribution in [0.4, 0.5) is 11.5 Å². The minimum atomic E-state index is 0.594. The van der Waals surface area contributed by atoms with Gasteiger partial charge in [0.25, 0.3) is 0 Å². The van der Waals surface area contributed by atoms with Crippen LogP contribution in [0.1, 0.15) is 5.69 Å². The third-order valence-corrected chi connectivity index (χ3v) is 6.03. The molecule has 0 atom stereocenters. The van der Waals surface area contributed by atoms with E-state index in [1.165, 1.54) is 0 Å². The monoisotopic (exact) mass is 397 g/mol. The summed E-state index contributed by atoms with van der Waals surface area (Å²) in [5.41, 5.74) is 5.40. The Morgan fingerprint density at radius 1 is 0.966 bits per heavy atom. The number of rotatable bonds is 3. The van der Waals surface area contributed by atoms with Crippen LogP contribution in [0.5, 0.6) is 0 Å². The van der Waals surface area contributed by atoms with Crippen LogP contribution in [0.2, 0.25) is 0 Å². The molecule has 0 unspecified atom stereocenters. The van der Waals surface area contributed by atoms with Gasteiger partial charge in [0.05, 0.1) is 39.5 Å². The summed E-state index contributed by atoms with van der Waals surface area (Å²) < 4.78 is 0. The SMILES string of the molecule is c1ccc2nc(-c3nc4c(c(Nc5ccc6[nH]ncc6c5)n3)SCC4)cnc2c1. The van der Waals surface area contributed by atoms with E-state index >= 15 is 0 Å². The molecule has 1 aliphatic heterocycles. The number of para-hydroxylation sites is 2. The van der Waals surface area contributed by atoms with Crippen molar-refractivity contribution in [1.29, 1.82) is 0 Å². The Hall–Kier alpha value is -3.52. The van der Waals surface area contributed by atoms with Crippen LogP contribution >= 0.6 is 11.8 Å². The third-order valence-electron chi connectivity index (χ3n) is 4.90. The standard InChI is InChI=1S/C21H15N7S/c1-2-4-16-15(3-1)22-11-18(25-16)20-26-17-7-8-29-19(17)21(27-20)24-13-5-6-14-12(9-13)10-23-28-14/h1-6,9-11H,7-8H2,(H,23,28)(H,24,26,27). The van der Waals surface area contributed by atoms with Gasteiger partial charge >= 0.3 is 0 Å². The largest absolute Gasteiger partial charge is 0.339 e. The summed E-state index contributed by atoms with van der Waals surface area (Å²) in [7, 11) is 0. The maximum absolute atomic E-state index is 4.82. The van der Waals surface area contributed by atoms with Crippen molar-refractivity contribution in [2.75, 3.05) is 11.1 Å². The van der Waals surface area contributed by atoms with E-state index in [2.05, 4.69) is 26.6 Å². The zero-order valence-corrected chi connectivity index (χ0v) is 16.1. The van der Waals surface area contributed by atoms with Crippen LogP contribution in [0.3, 0.4) is 0 Å². The number of aryl methyl sites for hydroxylation is 1. The summed E-state index contributed by atoms with van der Waals surface area (Å²) in [5.74, 6) is 2.41. The highest BCUT2D eigenvalue weighted by Gasteiger charge is 2.21. The van der Waals surface area contributed by atoms with Crippen LogP contribution in [0, 0.1) is 0 Å². The lowest BCUT2D eigenvalue weighted by atomic mass is 10.2. The highest BCUT2D eigenvalue weighted by Crippen LogP contribution is 2.38. The Morgan fingerprint density at radius 3 is 2.86 bits per heavy atom. The molecule has 29 heavy (non-hydrogen) atoms. The molecule has 8 heteroatoms. The van der Waals surface area contributed by atoms with Crippen LogP contribution in [-0.2, 0) is 6.42 Å². The predicted octanol–water partition coefficient (Wildman–Crippen LogP) is 4.35. The van der Waals surface area contributed by atoms with Crippen molar-refractivity contribution in [1.82, 2.24) is 30.1 Å². The van der Waals surface area contributed by atoms with Gasteiger partial charge in [-0.15, -0.1) is 11.8 Å². The molecule has 3 aromatic heterocycles. The molecule has 0 radical (unpaired) electrons. The van der Waals surface area contributed by atoms with Gasteiger partial charge in [-0.2, -0.15) is 5.10 Å². The number of nitrogens with zero attached hydrogens (tertiary/aromatic N) is 5. The van der Waals surface area contributed by atoms with Crippen LogP contribution in [-0.4, -0.2) is 35.9 Å². The molecule has 0 amide bonds. The van der Waals surface area contributed by atoms with Gasteiger partial charge in [0, 0.05) is 23.2 Å². The highest BCUT2D eigenvalue weighted by atomic mass is 32.2. The Balaban J connectivity index is 1.45. The van der Waals surface area contributed by atoms with Crippen molar-refractivity contribution in [2.45, 2.75) is 11.3 Å². The van der Waals surface area contributed by atoms with Crippen molar-refractivity contribution >= 4 is 45.2 Å². The molecule has 1 aliphatic rings.